The number of carbonyl (C=O) groups is 2. The van der Waals surface area contributed by atoms with Crippen LogP contribution in [0.2, 0.25) is 5.02 Å². The molecule has 0 aliphatic carbocycles. The third kappa shape index (κ3) is 3.12. The van der Waals surface area contributed by atoms with Crippen LogP contribution in [0.1, 0.15) is 39.5 Å². The lowest BCUT2D eigenvalue weighted by molar-refractivity contribution is 0.0585. The van der Waals surface area contributed by atoms with Crippen LogP contribution in [0.3, 0.4) is 0 Å². The monoisotopic (exact) mass is 321 g/mol. The van der Waals surface area contributed by atoms with Gasteiger partial charge in [-0.25, -0.2) is 4.79 Å². The molecule has 7 heteroatoms. The molecule has 0 radical (unpaired) electrons. The van der Waals surface area contributed by atoms with Gasteiger partial charge in [-0.2, -0.15) is 5.10 Å². The van der Waals surface area contributed by atoms with Crippen molar-refractivity contribution >= 4 is 23.5 Å². The van der Waals surface area contributed by atoms with Crippen LogP contribution >= 0.6 is 11.6 Å². The molecule has 1 aromatic carbocycles. The van der Waals surface area contributed by atoms with Gasteiger partial charge in [0.05, 0.1) is 13.2 Å². The predicted molar refractivity (Wildman–Crippen MR) is 82.2 cm³/mol. The zero-order valence-electron chi connectivity index (χ0n) is 12.5. The zero-order chi connectivity index (χ0) is 16.3. The van der Waals surface area contributed by atoms with Crippen LogP contribution in [0, 0.1) is 0 Å². The van der Waals surface area contributed by atoms with Crippen molar-refractivity contribution in [3.8, 4) is 0 Å². The number of aromatic nitrogens is 2. The average molecular weight is 322 g/mol. The first kappa shape index (κ1) is 16.0. The Hall–Kier alpha value is -2.34. The van der Waals surface area contributed by atoms with Gasteiger partial charge >= 0.3 is 5.97 Å². The summed E-state index contributed by atoms with van der Waals surface area (Å²) in [5.74, 6) is -0.932. The summed E-state index contributed by atoms with van der Waals surface area (Å²) in [6.07, 6.45) is 0. The first-order chi connectivity index (χ1) is 10.5. The SMILES string of the molecule is CNC(=O)c1cc(C(=O)OC)n(C(C)c2cccc(Cl)c2)n1. The van der Waals surface area contributed by atoms with E-state index in [9.17, 15) is 9.59 Å². The second kappa shape index (κ2) is 6.62. The minimum atomic E-state index is -0.559. The lowest BCUT2D eigenvalue weighted by atomic mass is 10.1. The summed E-state index contributed by atoms with van der Waals surface area (Å²) in [4.78, 5) is 23.7. The predicted octanol–water partition coefficient (Wildman–Crippen LogP) is 2.29. The Bertz CT molecular complexity index is 712. The molecule has 1 amide bonds. The minimum Gasteiger partial charge on any atom is -0.464 e. The topological polar surface area (TPSA) is 73.2 Å². The molecule has 1 N–H and O–H groups in total. The molecule has 0 aliphatic heterocycles. The number of esters is 1. The molecule has 0 aliphatic rings. The number of halogens is 1. The van der Waals surface area contributed by atoms with Crippen molar-refractivity contribution in [3.05, 3.63) is 52.3 Å². The van der Waals surface area contributed by atoms with E-state index in [0.29, 0.717) is 5.02 Å². The minimum absolute atomic E-state index is 0.150. The van der Waals surface area contributed by atoms with Gasteiger partial charge in [0, 0.05) is 18.1 Å². The van der Waals surface area contributed by atoms with Crippen LogP contribution in [0.5, 0.6) is 0 Å². The van der Waals surface area contributed by atoms with E-state index in [1.807, 2.05) is 19.1 Å². The Morgan fingerprint density at radius 1 is 1.36 bits per heavy atom. The highest BCUT2D eigenvalue weighted by Gasteiger charge is 2.23. The van der Waals surface area contributed by atoms with Crippen molar-refractivity contribution in [2.75, 3.05) is 14.2 Å². The van der Waals surface area contributed by atoms with Crippen molar-refractivity contribution < 1.29 is 14.3 Å². The number of carbonyl (C=O) groups excluding carboxylic acids is 2. The maximum atomic E-state index is 11.9. The van der Waals surface area contributed by atoms with E-state index in [1.54, 1.807) is 12.1 Å². The Kier molecular flexibility index (Phi) is 4.82. The standard InChI is InChI=1S/C15H16ClN3O3/c1-9(10-5-4-6-11(16)7-10)19-13(15(21)22-3)8-12(18-19)14(20)17-2/h4-9H,1-3H3,(H,17,20). The van der Waals surface area contributed by atoms with Crippen LogP contribution in [0.25, 0.3) is 0 Å². The maximum absolute atomic E-state index is 11.9. The van der Waals surface area contributed by atoms with Crippen molar-refractivity contribution in [2.24, 2.45) is 0 Å². The fourth-order valence-corrected chi connectivity index (χ4v) is 2.29. The van der Waals surface area contributed by atoms with E-state index in [2.05, 4.69) is 10.4 Å². The first-order valence-electron chi connectivity index (χ1n) is 6.63. The molecule has 2 rings (SSSR count). The van der Waals surface area contributed by atoms with Gasteiger partial charge in [-0.1, -0.05) is 23.7 Å². The molecule has 1 atom stereocenters. The molecule has 0 spiro atoms. The lowest BCUT2D eigenvalue weighted by Crippen LogP contribution is -2.19. The molecule has 0 fully saturated rings. The van der Waals surface area contributed by atoms with Crippen molar-refractivity contribution in [1.29, 1.82) is 0 Å². The van der Waals surface area contributed by atoms with Crippen molar-refractivity contribution in [3.63, 3.8) is 0 Å². The summed E-state index contributed by atoms with van der Waals surface area (Å²) >= 11 is 6.00. The normalized spacial score (nSPS) is 11.8. The molecule has 1 unspecified atom stereocenters. The third-order valence-corrected chi connectivity index (χ3v) is 3.52. The van der Waals surface area contributed by atoms with Crippen molar-refractivity contribution in [1.82, 2.24) is 15.1 Å². The molecular formula is C15H16ClN3O3. The van der Waals surface area contributed by atoms with Gasteiger partial charge < -0.3 is 10.1 Å². The van der Waals surface area contributed by atoms with Gasteiger partial charge in [-0.3, -0.25) is 9.48 Å². The second-order valence-corrected chi connectivity index (χ2v) is 5.10. The van der Waals surface area contributed by atoms with E-state index in [4.69, 9.17) is 16.3 Å². The summed E-state index contributed by atoms with van der Waals surface area (Å²) < 4.78 is 6.22. The third-order valence-electron chi connectivity index (χ3n) is 3.29. The Morgan fingerprint density at radius 3 is 2.68 bits per heavy atom. The molecule has 1 heterocycles. The van der Waals surface area contributed by atoms with E-state index in [-0.39, 0.29) is 23.3 Å². The summed E-state index contributed by atoms with van der Waals surface area (Å²) in [5, 5.41) is 7.28. The van der Waals surface area contributed by atoms with Gasteiger partial charge in [0.15, 0.2) is 5.69 Å². The zero-order valence-corrected chi connectivity index (χ0v) is 13.2. The van der Waals surface area contributed by atoms with E-state index in [0.717, 1.165) is 5.56 Å². The number of nitrogens with zero attached hydrogens (tertiary/aromatic N) is 2. The highest BCUT2D eigenvalue weighted by atomic mass is 35.5. The number of nitrogens with one attached hydrogen (secondary N) is 1. The molecule has 2 aromatic rings. The molecule has 0 saturated carbocycles. The van der Waals surface area contributed by atoms with Gasteiger partial charge in [0.1, 0.15) is 5.69 Å². The maximum Gasteiger partial charge on any atom is 0.356 e. The quantitative estimate of drug-likeness (QED) is 0.877. The molecule has 0 bridgehead atoms. The van der Waals surface area contributed by atoms with E-state index >= 15 is 0 Å². The van der Waals surface area contributed by atoms with Crippen LogP contribution in [0.15, 0.2) is 30.3 Å². The fraction of sp³-hybridized carbons (Fsp3) is 0.267. The number of amides is 1. The molecule has 0 saturated heterocycles. The largest absolute Gasteiger partial charge is 0.464 e. The summed E-state index contributed by atoms with van der Waals surface area (Å²) in [5.41, 5.74) is 1.22. The molecular weight excluding hydrogens is 306 g/mol. The average Bonchev–Trinajstić information content (AvgIpc) is 2.97. The van der Waals surface area contributed by atoms with Gasteiger partial charge in [-0.05, 0) is 24.6 Å². The molecule has 22 heavy (non-hydrogen) atoms. The van der Waals surface area contributed by atoms with Crippen LogP contribution in [-0.4, -0.2) is 35.8 Å². The lowest BCUT2D eigenvalue weighted by Gasteiger charge is -2.15. The van der Waals surface area contributed by atoms with Crippen LogP contribution < -0.4 is 5.32 Å². The fourth-order valence-electron chi connectivity index (χ4n) is 2.09. The molecule has 6 nitrogen and oxygen atoms in total. The summed E-state index contributed by atoms with van der Waals surface area (Å²) in [7, 11) is 2.78. The first-order valence-corrected chi connectivity index (χ1v) is 7.01. The number of ether oxygens (including phenoxy) is 1. The van der Waals surface area contributed by atoms with Gasteiger partial charge in [0.25, 0.3) is 5.91 Å². The number of methoxy groups -OCH3 is 1. The number of hydrogen-bond donors (Lipinski definition) is 1. The van der Waals surface area contributed by atoms with Gasteiger partial charge in [0.2, 0.25) is 0 Å². The number of benzene rings is 1. The summed E-state index contributed by atoms with van der Waals surface area (Å²) in [6, 6.07) is 8.36. The Morgan fingerprint density at radius 2 is 2.09 bits per heavy atom. The smallest absolute Gasteiger partial charge is 0.356 e. The van der Waals surface area contributed by atoms with E-state index < -0.39 is 5.97 Å². The highest BCUT2D eigenvalue weighted by molar-refractivity contribution is 6.30. The second-order valence-electron chi connectivity index (χ2n) is 4.66. The Labute approximate surface area is 133 Å². The van der Waals surface area contributed by atoms with Crippen LogP contribution in [-0.2, 0) is 4.74 Å². The van der Waals surface area contributed by atoms with Crippen LogP contribution in [0.4, 0.5) is 0 Å². The highest BCUT2D eigenvalue weighted by Crippen LogP contribution is 2.23. The Balaban J connectivity index is 2.50. The number of rotatable bonds is 4. The van der Waals surface area contributed by atoms with Crippen molar-refractivity contribution in [2.45, 2.75) is 13.0 Å². The van der Waals surface area contributed by atoms with Gasteiger partial charge in [-0.15, -0.1) is 0 Å². The summed E-state index contributed by atoms with van der Waals surface area (Å²) in [6.45, 7) is 1.86. The van der Waals surface area contributed by atoms with E-state index in [1.165, 1.54) is 24.9 Å². The molecule has 1 aromatic heterocycles. The molecule has 116 valence electrons. The number of hydrogen-bond acceptors (Lipinski definition) is 4.